The van der Waals surface area contributed by atoms with E-state index in [-0.39, 0.29) is 0 Å². The van der Waals surface area contributed by atoms with Gasteiger partial charge < -0.3 is 9.64 Å². The van der Waals surface area contributed by atoms with Gasteiger partial charge in [0.25, 0.3) is 0 Å². The largest absolute Gasteiger partial charge is 0.378 e. The van der Waals surface area contributed by atoms with Crippen LogP contribution in [-0.2, 0) is 4.74 Å². The van der Waals surface area contributed by atoms with E-state index in [1.54, 1.807) is 7.11 Å². The molecule has 1 fully saturated rings. The van der Waals surface area contributed by atoms with Crippen LogP contribution in [0.4, 0.5) is 5.69 Å². The minimum Gasteiger partial charge on any atom is -0.378 e. The molecule has 1 aromatic rings. The molecule has 0 atom stereocenters. The molecule has 0 aromatic heterocycles. The van der Waals surface area contributed by atoms with Crippen molar-refractivity contribution in [2.24, 2.45) is 0 Å². The van der Waals surface area contributed by atoms with Crippen LogP contribution in [0.2, 0.25) is 0 Å². The lowest BCUT2D eigenvalue weighted by atomic mass is 10.1. The fourth-order valence-electron chi connectivity index (χ4n) is 1.56. The molecule has 0 aliphatic carbocycles. The zero-order valence-electron chi connectivity index (χ0n) is 8.14. The number of benzene rings is 1. The Hall–Kier alpha value is -1.35. The Kier molecular flexibility index (Phi) is 2.50. The fraction of sp³-hybridized carbons (Fsp3) is 0.364. The minimum atomic E-state index is 0.362. The molecular weight excluding hydrogens is 178 g/mol. The van der Waals surface area contributed by atoms with Crippen molar-refractivity contribution in [3.8, 4) is 0 Å². The summed E-state index contributed by atoms with van der Waals surface area (Å²) in [6.07, 6.45) is 1.22. The molecule has 0 radical (unpaired) electrons. The van der Waals surface area contributed by atoms with Gasteiger partial charge in [-0.1, -0.05) is 0 Å². The highest BCUT2D eigenvalue weighted by Crippen LogP contribution is 2.21. The number of hydrogen-bond acceptors (Lipinski definition) is 3. The maximum absolute atomic E-state index is 10.4. The third kappa shape index (κ3) is 1.63. The van der Waals surface area contributed by atoms with Gasteiger partial charge >= 0.3 is 0 Å². The van der Waals surface area contributed by atoms with Gasteiger partial charge in [0.2, 0.25) is 0 Å². The molecule has 3 heteroatoms. The lowest BCUT2D eigenvalue weighted by Crippen LogP contribution is -2.51. The molecule has 2 rings (SSSR count). The Balaban J connectivity index is 2.01. The van der Waals surface area contributed by atoms with Crippen molar-refractivity contribution in [1.29, 1.82) is 0 Å². The van der Waals surface area contributed by atoms with E-state index in [2.05, 4.69) is 4.90 Å². The van der Waals surface area contributed by atoms with Gasteiger partial charge in [0.15, 0.2) is 0 Å². The maximum Gasteiger partial charge on any atom is 0.150 e. The molecule has 0 bridgehead atoms. The van der Waals surface area contributed by atoms with E-state index in [1.165, 1.54) is 0 Å². The first kappa shape index (κ1) is 9.21. The van der Waals surface area contributed by atoms with Crippen molar-refractivity contribution in [2.45, 2.75) is 6.10 Å². The summed E-state index contributed by atoms with van der Waals surface area (Å²) in [5.74, 6) is 0. The Labute approximate surface area is 83.3 Å². The van der Waals surface area contributed by atoms with Gasteiger partial charge in [-0.2, -0.15) is 0 Å². The van der Waals surface area contributed by atoms with E-state index in [0.717, 1.165) is 30.6 Å². The average Bonchev–Trinajstić information content (AvgIpc) is 2.17. The molecule has 14 heavy (non-hydrogen) atoms. The summed E-state index contributed by atoms with van der Waals surface area (Å²) < 4.78 is 5.18. The highest BCUT2D eigenvalue weighted by atomic mass is 16.5. The molecule has 0 spiro atoms. The molecule has 0 unspecified atom stereocenters. The monoisotopic (exact) mass is 191 g/mol. The van der Waals surface area contributed by atoms with Crippen molar-refractivity contribution in [3.63, 3.8) is 0 Å². The number of nitrogens with zero attached hydrogens (tertiary/aromatic N) is 1. The van der Waals surface area contributed by atoms with Crippen molar-refractivity contribution >= 4 is 12.0 Å². The zero-order chi connectivity index (χ0) is 9.97. The minimum absolute atomic E-state index is 0.362. The summed E-state index contributed by atoms with van der Waals surface area (Å²) in [5.41, 5.74) is 1.88. The highest BCUT2D eigenvalue weighted by molar-refractivity contribution is 5.75. The van der Waals surface area contributed by atoms with Crippen LogP contribution in [0.1, 0.15) is 10.4 Å². The van der Waals surface area contributed by atoms with Crippen molar-refractivity contribution in [2.75, 3.05) is 25.1 Å². The number of rotatable bonds is 3. The van der Waals surface area contributed by atoms with Gasteiger partial charge in [0, 0.05) is 31.5 Å². The topological polar surface area (TPSA) is 29.5 Å². The summed E-state index contributed by atoms with van der Waals surface area (Å²) in [6, 6.07) is 7.61. The molecule has 0 amide bonds. The average molecular weight is 191 g/mol. The second-order valence-corrected chi connectivity index (χ2v) is 3.47. The first-order chi connectivity index (χ1) is 6.83. The molecule has 0 saturated carbocycles. The van der Waals surface area contributed by atoms with Crippen LogP contribution in [0.3, 0.4) is 0 Å². The van der Waals surface area contributed by atoms with E-state index in [0.29, 0.717) is 6.10 Å². The lowest BCUT2D eigenvalue weighted by molar-refractivity contribution is 0.0787. The van der Waals surface area contributed by atoms with E-state index in [9.17, 15) is 4.79 Å². The number of aldehydes is 1. The molecule has 1 aliphatic rings. The first-order valence-corrected chi connectivity index (χ1v) is 4.66. The summed E-state index contributed by atoms with van der Waals surface area (Å²) in [5, 5.41) is 0. The van der Waals surface area contributed by atoms with Crippen molar-refractivity contribution < 1.29 is 9.53 Å². The zero-order valence-corrected chi connectivity index (χ0v) is 8.14. The van der Waals surface area contributed by atoms with E-state index < -0.39 is 0 Å². The molecular formula is C11H13NO2. The number of anilines is 1. The maximum atomic E-state index is 10.4. The van der Waals surface area contributed by atoms with Gasteiger partial charge in [-0.25, -0.2) is 0 Å². The molecule has 74 valence electrons. The molecule has 1 saturated heterocycles. The third-order valence-corrected chi connectivity index (χ3v) is 2.58. The van der Waals surface area contributed by atoms with Crippen LogP contribution in [0.15, 0.2) is 24.3 Å². The number of ether oxygens (including phenoxy) is 1. The second kappa shape index (κ2) is 3.80. The van der Waals surface area contributed by atoms with Crippen LogP contribution < -0.4 is 4.90 Å². The highest BCUT2D eigenvalue weighted by Gasteiger charge is 2.26. The van der Waals surface area contributed by atoms with Crippen LogP contribution >= 0.6 is 0 Å². The lowest BCUT2D eigenvalue weighted by Gasteiger charge is -2.39. The summed E-state index contributed by atoms with van der Waals surface area (Å²) in [6.45, 7) is 1.88. The predicted octanol–water partition coefficient (Wildman–Crippen LogP) is 1.33. The molecule has 1 heterocycles. The Morgan fingerprint density at radius 2 is 2.00 bits per heavy atom. The molecule has 3 nitrogen and oxygen atoms in total. The van der Waals surface area contributed by atoms with E-state index in [4.69, 9.17) is 4.74 Å². The van der Waals surface area contributed by atoms with Gasteiger partial charge in [-0.15, -0.1) is 0 Å². The van der Waals surface area contributed by atoms with E-state index in [1.807, 2.05) is 24.3 Å². The smallest absolute Gasteiger partial charge is 0.150 e. The molecule has 0 N–H and O–H groups in total. The Morgan fingerprint density at radius 3 is 2.50 bits per heavy atom. The van der Waals surface area contributed by atoms with Gasteiger partial charge in [-0.3, -0.25) is 4.79 Å². The number of carbonyl (C=O) groups is 1. The van der Waals surface area contributed by atoms with Crippen LogP contribution in [0, 0.1) is 0 Å². The Morgan fingerprint density at radius 1 is 1.36 bits per heavy atom. The van der Waals surface area contributed by atoms with Crippen LogP contribution in [0.25, 0.3) is 0 Å². The molecule has 1 aliphatic heterocycles. The SMILES string of the molecule is COC1CN(c2ccc(C=O)cc2)C1. The quantitative estimate of drug-likeness (QED) is 0.675. The number of carbonyl (C=O) groups excluding carboxylic acids is 1. The van der Waals surface area contributed by atoms with Gasteiger partial charge in [0.1, 0.15) is 6.29 Å². The second-order valence-electron chi connectivity index (χ2n) is 3.47. The van der Waals surface area contributed by atoms with Crippen molar-refractivity contribution in [1.82, 2.24) is 0 Å². The van der Waals surface area contributed by atoms with Crippen LogP contribution in [-0.4, -0.2) is 32.6 Å². The molecule has 1 aromatic carbocycles. The third-order valence-electron chi connectivity index (χ3n) is 2.58. The number of methoxy groups -OCH3 is 1. The first-order valence-electron chi connectivity index (χ1n) is 4.66. The van der Waals surface area contributed by atoms with Gasteiger partial charge in [0.05, 0.1) is 6.10 Å². The summed E-state index contributed by atoms with van der Waals surface area (Å²) in [7, 11) is 1.73. The number of hydrogen-bond donors (Lipinski definition) is 0. The normalized spacial score (nSPS) is 16.5. The predicted molar refractivity (Wildman–Crippen MR) is 54.8 cm³/mol. The summed E-state index contributed by atoms with van der Waals surface area (Å²) >= 11 is 0. The van der Waals surface area contributed by atoms with Crippen molar-refractivity contribution in [3.05, 3.63) is 29.8 Å². The van der Waals surface area contributed by atoms with Crippen LogP contribution in [0.5, 0.6) is 0 Å². The van der Waals surface area contributed by atoms with Gasteiger partial charge in [-0.05, 0) is 24.3 Å². The Bertz CT molecular complexity index is 315. The summed E-state index contributed by atoms with van der Waals surface area (Å²) in [4.78, 5) is 12.7. The fourth-order valence-corrected chi connectivity index (χ4v) is 1.56. The standard InChI is InChI=1S/C11H13NO2/c1-14-11-6-12(7-11)10-4-2-9(8-13)3-5-10/h2-5,8,11H,6-7H2,1H3. The van der Waals surface area contributed by atoms with E-state index >= 15 is 0 Å².